The molecule has 1 aromatic rings. The first-order valence-corrected chi connectivity index (χ1v) is 6.00. The minimum absolute atomic E-state index is 0.209. The summed E-state index contributed by atoms with van der Waals surface area (Å²) in [7, 11) is 0. The number of hydrogen-bond acceptors (Lipinski definition) is 0. The SMILES string of the molecule is CCCCCCl.Fc1cccc(Br)c1. The molecule has 1 rings (SSSR count). The van der Waals surface area contributed by atoms with Crippen LogP contribution in [0.2, 0.25) is 0 Å². The fourth-order valence-corrected chi connectivity index (χ4v) is 1.36. The van der Waals surface area contributed by atoms with Crippen molar-refractivity contribution in [3.8, 4) is 0 Å². The standard InChI is InChI=1S/C6H4BrF.C5H11Cl/c7-5-2-1-3-6(8)4-5;1-2-3-4-5-6/h1-4H;2-5H2,1H3. The van der Waals surface area contributed by atoms with E-state index < -0.39 is 0 Å². The fourth-order valence-electron chi connectivity index (χ4n) is 0.804. The largest absolute Gasteiger partial charge is 0.207 e. The molecule has 80 valence electrons. The van der Waals surface area contributed by atoms with Gasteiger partial charge in [0.15, 0.2) is 0 Å². The van der Waals surface area contributed by atoms with E-state index in [1.54, 1.807) is 12.1 Å². The molecule has 0 spiro atoms. The molecule has 1 aromatic carbocycles. The minimum atomic E-state index is -0.209. The van der Waals surface area contributed by atoms with E-state index in [1.165, 1.54) is 31.4 Å². The third-order valence-corrected chi connectivity index (χ3v) is 2.28. The fraction of sp³-hybridized carbons (Fsp3) is 0.455. The third-order valence-electron chi connectivity index (χ3n) is 1.52. The van der Waals surface area contributed by atoms with E-state index in [1.807, 2.05) is 0 Å². The molecule has 0 unspecified atom stereocenters. The van der Waals surface area contributed by atoms with Gasteiger partial charge >= 0.3 is 0 Å². The summed E-state index contributed by atoms with van der Waals surface area (Å²) in [4.78, 5) is 0. The van der Waals surface area contributed by atoms with Crippen molar-refractivity contribution in [1.82, 2.24) is 0 Å². The van der Waals surface area contributed by atoms with E-state index in [0.717, 1.165) is 10.4 Å². The summed E-state index contributed by atoms with van der Waals surface area (Å²) in [5.41, 5.74) is 0. The van der Waals surface area contributed by atoms with Crippen LogP contribution in [0.5, 0.6) is 0 Å². The van der Waals surface area contributed by atoms with E-state index >= 15 is 0 Å². The molecule has 0 atom stereocenters. The number of halogens is 3. The first-order chi connectivity index (χ1) is 6.70. The van der Waals surface area contributed by atoms with Crippen molar-refractivity contribution in [2.45, 2.75) is 26.2 Å². The molecule has 0 nitrogen and oxygen atoms in total. The molecular formula is C11H15BrClF. The van der Waals surface area contributed by atoms with Gasteiger partial charge in [-0.05, 0) is 24.6 Å². The summed E-state index contributed by atoms with van der Waals surface area (Å²) < 4.78 is 12.9. The molecule has 14 heavy (non-hydrogen) atoms. The molecule has 0 aliphatic heterocycles. The van der Waals surface area contributed by atoms with Crippen LogP contribution in [0.4, 0.5) is 4.39 Å². The lowest BCUT2D eigenvalue weighted by Crippen LogP contribution is -1.70. The lowest BCUT2D eigenvalue weighted by molar-refractivity contribution is 0.627. The van der Waals surface area contributed by atoms with E-state index in [-0.39, 0.29) is 5.82 Å². The molecule has 0 amide bonds. The smallest absolute Gasteiger partial charge is 0.124 e. The van der Waals surface area contributed by atoms with Gasteiger partial charge in [0.25, 0.3) is 0 Å². The number of unbranched alkanes of at least 4 members (excludes halogenated alkanes) is 2. The van der Waals surface area contributed by atoms with E-state index in [9.17, 15) is 4.39 Å². The van der Waals surface area contributed by atoms with E-state index in [0.29, 0.717) is 0 Å². The first-order valence-electron chi connectivity index (χ1n) is 4.67. The van der Waals surface area contributed by atoms with Gasteiger partial charge in [0, 0.05) is 10.4 Å². The normalized spacial score (nSPS) is 9.14. The highest BCUT2D eigenvalue weighted by Gasteiger charge is 1.86. The van der Waals surface area contributed by atoms with Crippen LogP contribution in [0.1, 0.15) is 26.2 Å². The second-order valence-corrected chi connectivity index (χ2v) is 4.13. The van der Waals surface area contributed by atoms with Crippen molar-refractivity contribution in [3.63, 3.8) is 0 Å². The maximum atomic E-state index is 12.1. The Balaban J connectivity index is 0.000000255. The zero-order chi connectivity index (χ0) is 10.8. The van der Waals surface area contributed by atoms with Gasteiger partial charge in [-0.15, -0.1) is 11.6 Å². The average Bonchev–Trinajstić information content (AvgIpc) is 2.15. The van der Waals surface area contributed by atoms with Crippen molar-refractivity contribution in [2.24, 2.45) is 0 Å². The molecule has 3 heteroatoms. The number of alkyl halides is 1. The Labute approximate surface area is 98.6 Å². The third kappa shape index (κ3) is 8.52. The van der Waals surface area contributed by atoms with Crippen LogP contribution >= 0.6 is 27.5 Å². The summed E-state index contributed by atoms with van der Waals surface area (Å²) in [6, 6.07) is 6.26. The zero-order valence-electron chi connectivity index (χ0n) is 8.27. The molecule has 0 saturated heterocycles. The monoisotopic (exact) mass is 280 g/mol. The van der Waals surface area contributed by atoms with Gasteiger partial charge in [0.2, 0.25) is 0 Å². The lowest BCUT2D eigenvalue weighted by Gasteiger charge is -1.85. The highest BCUT2D eigenvalue weighted by molar-refractivity contribution is 9.10. The van der Waals surface area contributed by atoms with Gasteiger partial charge in [-0.2, -0.15) is 0 Å². The topological polar surface area (TPSA) is 0 Å². The maximum absolute atomic E-state index is 12.1. The number of rotatable bonds is 3. The summed E-state index contributed by atoms with van der Waals surface area (Å²) in [6.45, 7) is 2.17. The van der Waals surface area contributed by atoms with Gasteiger partial charge in [-0.1, -0.05) is 41.8 Å². The molecule has 0 heterocycles. The summed E-state index contributed by atoms with van der Waals surface area (Å²) in [5.74, 6) is 0.618. The Morgan fingerprint density at radius 1 is 1.36 bits per heavy atom. The summed E-state index contributed by atoms with van der Waals surface area (Å²) in [5, 5.41) is 0. The Hall–Kier alpha value is -0.0800. The maximum Gasteiger partial charge on any atom is 0.124 e. The second-order valence-electron chi connectivity index (χ2n) is 2.84. The van der Waals surface area contributed by atoms with Crippen molar-refractivity contribution in [2.75, 3.05) is 5.88 Å². The molecule has 0 aliphatic rings. The highest BCUT2D eigenvalue weighted by Crippen LogP contribution is 2.09. The van der Waals surface area contributed by atoms with Gasteiger partial charge in [-0.3, -0.25) is 0 Å². The predicted molar refractivity (Wildman–Crippen MR) is 64.3 cm³/mol. The van der Waals surface area contributed by atoms with Crippen LogP contribution in [0.25, 0.3) is 0 Å². The average molecular weight is 282 g/mol. The Morgan fingerprint density at radius 3 is 2.36 bits per heavy atom. The Bertz CT molecular complexity index is 219. The second kappa shape index (κ2) is 9.47. The number of hydrogen-bond donors (Lipinski definition) is 0. The molecule has 0 fully saturated rings. The van der Waals surface area contributed by atoms with Crippen molar-refractivity contribution < 1.29 is 4.39 Å². The van der Waals surface area contributed by atoms with Crippen LogP contribution in [0, 0.1) is 5.82 Å². The lowest BCUT2D eigenvalue weighted by atomic mass is 10.3. The molecule has 0 aliphatic carbocycles. The van der Waals surface area contributed by atoms with Crippen molar-refractivity contribution in [1.29, 1.82) is 0 Å². The van der Waals surface area contributed by atoms with Crippen LogP contribution in [0.15, 0.2) is 28.7 Å². The molecule has 0 radical (unpaired) electrons. The quantitative estimate of drug-likeness (QED) is 0.540. The molecular weight excluding hydrogens is 266 g/mol. The molecule has 0 saturated carbocycles. The Kier molecular flexibility index (Phi) is 9.42. The molecule has 0 N–H and O–H groups in total. The summed E-state index contributed by atoms with van der Waals surface area (Å²) >= 11 is 8.50. The van der Waals surface area contributed by atoms with Crippen molar-refractivity contribution in [3.05, 3.63) is 34.6 Å². The van der Waals surface area contributed by atoms with Crippen LogP contribution < -0.4 is 0 Å². The minimum Gasteiger partial charge on any atom is -0.207 e. The van der Waals surface area contributed by atoms with Gasteiger partial charge < -0.3 is 0 Å². The Morgan fingerprint density at radius 2 is 2.07 bits per heavy atom. The first kappa shape index (κ1) is 13.9. The summed E-state index contributed by atoms with van der Waals surface area (Å²) in [6.07, 6.45) is 3.73. The van der Waals surface area contributed by atoms with Gasteiger partial charge in [0.1, 0.15) is 5.82 Å². The highest BCUT2D eigenvalue weighted by atomic mass is 79.9. The van der Waals surface area contributed by atoms with Gasteiger partial charge in [-0.25, -0.2) is 4.39 Å². The predicted octanol–water partition coefficient (Wildman–Crippen LogP) is 5.00. The van der Waals surface area contributed by atoms with Crippen molar-refractivity contribution >= 4 is 27.5 Å². The van der Waals surface area contributed by atoms with E-state index in [2.05, 4.69) is 22.9 Å². The van der Waals surface area contributed by atoms with Crippen LogP contribution in [0.3, 0.4) is 0 Å². The van der Waals surface area contributed by atoms with Crippen LogP contribution in [-0.2, 0) is 0 Å². The zero-order valence-corrected chi connectivity index (χ0v) is 10.6. The molecule has 0 bridgehead atoms. The number of benzene rings is 1. The molecule has 0 aromatic heterocycles. The van der Waals surface area contributed by atoms with Crippen LogP contribution in [-0.4, -0.2) is 5.88 Å². The van der Waals surface area contributed by atoms with E-state index in [4.69, 9.17) is 11.6 Å². The van der Waals surface area contributed by atoms with Gasteiger partial charge in [0.05, 0.1) is 0 Å².